The van der Waals surface area contributed by atoms with Gasteiger partial charge in [0, 0.05) is 26.4 Å². The Hall–Kier alpha value is -1.84. The van der Waals surface area contributed by atoms with Crippen LogP contribution in [0.4, 0.5) is 0 Å². The zero-order chi connectivity index (χ0) is 15.7. The summed E-state index contributed by atoms with van der Waals surface area (Å²) in [6.07, 6.45) is 3.28. The average molecular weight is 291 g/mol. The fourth-order valence-electron chi connectivity index (χ4n) is 2.07. The van der Waals surface area contributed by atoms with Crippen molar-refractivity contribution in [3.05, 3.63) is 35.4 Å². The summed E-state index contributed by atoms with van der Waals surface area (Å²) in [5, 5.41) is 0. The molecular formula is C17H25NO3. The largest absolute Gasteiger partial charge is 0.469 e. The summed E-state index contributed by atoms with van der Waals surface area (Å²) >= 11 is 0. The number of benzene rings is 1. The zero-order valence-electron chi connectivity index (χ0n) is 13.2. The first-order valence-corrected chi connectivity index (χ1v) is 7.45. The first-order valence-electron chi connectivity index (χ1n) is 7.45. The van der Waals surface area contributed by atoms with Gasteiger partial charge in [0.05, 0.1) is 7.11 Å². The number of carbonyl (C=O) groups excluding carboxylic acids is 2. The highest BCUT2D eigenvalue weighted by Crippen LogP contribution is 2.08. The molecule has 0 N–H and O–H groups in total. The summed E-state index contributed by atoms with van der Waals surface area (Å²) < 4.78 is 4.57. The van der Waals surface area contributed by atoms with E-state index in [1.54, 1.807) is 11.9 Å². The molecule has 0 bridgehead atoms. The number of rotatable bonds is 8. The molecule has 0 aliphatic heterocycles. The molecule has 1 rings (SSSR count). The van der Waals surface area contributed by atoms with Gasteiger partial charge >= 0.3 is 5.97 Å². The van der Waals surface area contributed by atoms with Crippen LogP contribution in [0.3, 0.4) is 0 Å². The van der Waals surface area contributed by atoms with E-state index in [0.29, 0.717) is 25.8 Å². The molecule has 1 aromatic rings. The van der Waals surface area contributed by atoms with E-state index < -0.39 is 0 Å². The van der Waals surface area contributed by atoms with E-state index in [0.717, 1.165) is 12.8 Å². The van der Waals surface area contributed by atoms with E-state index in [9.17, 15) is 9.59 Å². The second-order valence-corrected chi connectivity index (χ2v) is 5.17. The normalized spacial score (nSPS) is 10.2. The zero-order valence-corrected chi connectivity index (χ0v) is 13.2. The second kappa shape index (κ2) is 9.16. The molecular weight excluding hydrogens is 266 g/mol. The smallest absolute Gasteiger partial charge is 0.305 e. The Labute approximate surface area is 127 Å². The van der Waals surface area contributed by atoms with Crippen molar-refractivity contribution in [2.75, 3.05) is 20.7 Å². The molecule has 0 aliphatic carbocycles. The van der Waals surface area contributed by atoms with Crippen molar-refractivity contribution in [2.45, 2.75) is 39.0 Å². The summed E-state index contributed by atoms with van der Waals surface area (Å²) in [5.74, 6) is -0.119. The van der Waals surface area contributed by atoms with Crippen LogP contribution in [-0.2, 0) is 27.2 Å². The minimum absolute atomic E-state index is 0.111. The van der Waals surface area contributed by atoms with E-state index in [4.69, 9.17) is 0 Å². The topological polar surface area (TPSA) is 46.6 Å². The molecule has 0 fully saturated rings. The van der Waals surface area contributed by atoms with Crippen molar-refractivity contribution in [3.63, 3.8) is 0 Å². The maximum absolute atomic E-state index is 12.0. The highest BCUT2D eigenvalue weighted by atomic mass is 16.5. The molecule has 1 amide bonds. The molecule has 0 aromatic heterocycles. The van der Waals surface area contributed by atoms with Crippen LogP contribution < -0.4 is 0 Å². The lowest BCUT2D eigenvalue weighted by atomic mass is 10.1. The Bertz CT molecular complexity index is 454. The number of nitrogens with zero attached hydrogens (tertiary/aromatic N) is 1. The third-order valence-electron chi connectivity index (χ3n) is 3.59. The molecule has 0 atom stereocenters. The third kappa shape index (κ3) is 6.43. The van der Waals surface area contributed by atoms with E-state index in [-0.39, 0.29) is 11.9 Å². The van der Waals surface area contributed by atoms with Crippen LogP contribution in [-0.4, -0.2) is 37.5 Å². The molecule has 0 heterocycles. The van der Waals surface area contributed by atoms with Gasteiger partial charge in [0.2, 0.25) is 5.91 Å². The lowest BCUT2D eigenvalue weighted by Crippen LogP contribution is -2.28. The lowest BCUT2D eigenvalue weighted by molar-refractivity contribution is -0.141. The van der Waals surface area contributed by atoms with Crippen molar-refractivity contribution in [1.82, 2.24) is 4.90 Å². The van der Waals surface area contributed by atoms with Crippen molar-refractivity contribution < 1.29 is 14.3 Å². The van der Waals surface area contributed by atoms with Gasteiger partial charge in [0.25, 0.3) is 0 Å². The lowest BCUT2D eigenvalue weighted by Gasteiger charge is -2.16. The van der Waals surface area contributed by atoms with Gasteiger partial charge in [-0.25, -0.2) is 0 Å². The van der Waals surface area contributed by atoms with E-state index in [2.05, 4.69) is 35.9 Å². The summed E-state index contributed by atoms with van der Waals surface area (Å²) in [6, 6.07) is 8.40. The Morgan fingerprint density at radius 2 is 1.71 bits per heavy atom. The van der Waals surface area contributed by atoms with Crippen LogP contribution in [0, 0.1) is 0 Å². The average Bonchev–Trinajstić information content (AvgIpc) is 2.52. The number of hydrogen-bond donors (Lipinski definition) is 0. The Morgan fingerprint density at radius 3 is 2.29 bits per heavy atom. The van der Waals surface area contributed by atoms with Gasteiger partial charge in [-0.3, -0.25) is 9.59 Å². The van der Waals surface area contributed by atoms with E-state index >= 15 is 0 Å². The highest BCUT2D eigenvalue weighted by Gasteiger charge is 2.09. The Balaban J connectivity index is 2.29. The third-order valence-corrected chi connectivity index (χ3v) is 3.59. The first-order chi connectivity index (χ1) is 10.1. The summed E-state index contributed by atoms with van der Waals surface area (Å²) in [5.41, 5.74) is 2.49. The van der Waals surface area contributed by atoms with Gasteiger partial charge in [0.1, 0.15) is 0 Å². The van der Waals surface area contributed by atoms with Gasteiger partial charge in [0.15, 0.2) is 0 Å². The van der Waals surface area contributed by atoms with E-state index in [1.807, 2.05) is 0 Å². The molecule has 0 saturated heterocycles. The van der Waals surface area contributed by atoms with E-state index in [1.165, 1.54) is 18.2 Å². The van der Waals surface area contributed by atoms with Gasteiger partial charge < -0.3 is 9.64 Å². The Morgan fingerprint density at radius 1 is 1.10 bits per heavy atom. The minimum atomic E-state index is -0.230. The van der Waals surface area contributed by atoms with Crippen LogP contribution in [0.15, 0.2) is 24.3 Å². The van der Waals surface area contributed by atoms with Crippen molar-refractivity contribution in [3.8, 4) is 0 Å². The molecule has 21 heavy (non-hydrogen) atoms. The fraction of sp³-hybridized carbons (Fsp3) is 0.529. The molecule has 0 saturated carbocycles. The predicted octanol–water partition coefficient (Wildman–Crippen LogP) is 2.59. The van der Waals surface area contributed by atoms with Crippen LogP contribution >= 0.6 is 0 Å². The van der Waals surface area contributed by atoms with Gasteiger partial charge in [-0.05, 0) is 30.4 Å². The van der Waals surface area contributed by atoms with Crippen molar-refractivity contribution in [1.29, 1.82) is 0 Å². The standard InChI is InChI=1S/C17H25NO3/c1-4-14-7-9-15(10-8-14)11-12-16(19)18(2)13-5-6-17(20)21-3/h7-10H,4-6,11-13H2,1-3H3. The maximum atomic E-state index is 12.0. The molecule has 0 spiro atoms. The molecule has 4 heteroatoms. The molecule has 1 aromatic carbocycles. The van der Waals surface area contributed by atoms with Crippen molar-refractivity contribution >= 4 is 11.9 Å². The molecule has 116 valence electrons. The summed E-state index contributed by atoms with van der Waals surface area (Å²) in [4.78, 5) is 24.7. The van der Waals surface area contributed by atoms with Crippen LogP contribution in [0.5, 0.6) is 0 Å². The molecule has 4 nitrogen and oxygen atoms in total. The first kappa shape index (κ1) is 17.2. The monoisotopic (exact) mass is 291 g/mol. The number of hydrogen-bond acceptors (Lipinski definition) is 3. The van der Waals surface area contributed by atoms with Gasteiger partial charge in [-0.1, -0.05) is 31.2 Å². The van der Waals surface area contributed by atoms with Crippen LogP contribution in [0.25, 0.3) is 0 Å². The highest BCUT2D eigenvalue weighted by molar-refractivity contribution is 5.76. The number of aryl methyl sites for hydroxylation is 2. The SMILES string of the molecule is CCc1ccc(CCC(=O)N(C)CCCC(=O)OC)cc1. The second-order valence-electron chi connectivity index (χ2n) is 5.17. The van der Waals surface area contributed by atoms with Crippen molar-refractivity contribution in [2.24, 2.45) is 0 Å². The Kier molecular flexibility index (Phi) is 7.51. The molecule has 0 radical (unpaired) electrons. The quantitative estimate of drug-likeness (QED) is 0.692. The van der Waals surface area contributed by atoms with Crippen LogP contribution in [0.2, 0.25) is 0 Å². The number of methoxy groups -OCH3 is 1. The predicted molar refractivity (Wildman–Crippen MR) is 83.0 cm³/mol. The maximum Gasteiger partial charge on any atom is 0.305 e. The van der Waals surface area contributed by atoms with Gasteiger partial charge in [-0.2, -0.15) is 0 Å². The van der Waals surface area contributed by atoms with Crippen LogP contribution in [0.1, 0.15) is 37.3 Å². The number of ether oxygens (including phenoxy) is 1. The number of esters is 1. The minimum Gasteiger partial charge on any atom is -0.469 e. The van der Waals surface area contributed by atoms with Gasteiger partial charge in [-0.15, -0.1) is 0 Å². The summed E-state index contributed by atoms with van der Waals surface area (Å²) in [7, 11) is 3.15. The number of amides is 1. The summed E-state index contributed by atoms with van der Waals surface area (Å²) in [6.45, 7) is 2.71. The molecule has 0 aliphatic rings. The number of carbonyl (C=O) groups is 2. The molecule has 0 unspecified atom stereocenters. The fourth-order valence-corrected chi connectivity index (χ4v) is 2.07.